The van der Waals surface area contributed by atoms with Crippen LogP contribution < -0.4 is 15.0 Å². The zero-order valence-corrected chi connectivity index (χ0v) is 14.7. The maximum absolute atomic E-state index is 13.9. The number of amides is 1. The number of thiocarbonyl (C=S) groups is 1. The Morgan fingerprint density at radius 2 is 1.88 bits per heavy atom. The highest BCUT2D eigenvalue weighted by molar-refractivity contribution is 7.80. The Kier molecular flexibility index (Phi) is 4.62. The third kappa shape index (κ3) is 2.92. The molecule has 1 aliphatic rings. The van der Waals surface area contributed by atoms with Crippen LogP contribution in [0.2, 0.25) is 10.0 Å². The number of carbonyl (C=O) groups is 1. The van der Waals surface area contributed by atoms with Gasteiger partial charge >= 0.3 is 0 Å². The van der Waals surface area contributed by atoms with E-state index in [1.807, 2.05) is 0 Å². The molecule has 3 rings (SSSR count). The first kappa shape index (κ1) is 17.0. The number of anilines is 1. The molecule has 124 valence electrons. The van der Waals surface area contributed by atoms with Crippen LogP contribution in [-0.2, 0) is 4.79 Å². The molecule has 2 aromatic carbocycles. The Labute approximate surface area is 153 Å². The SMILES string of the molecule is COc1ccc(N2C(=S)NC(=O)C2c2cc(F)c(Cl)cc2Cl)cc1. The fourth-order valence-corrected chi connectivity index (χ4v) is 3.30. The van der Waals surface area contributed by atoms with E-state index in [4.69, 9.17) is 40.2 Å². The molecule has 0 bridgehead atoms. The Balaban J connectivity index is 2.08. The fraction of sp³-hybridized carbons (Fsp3) is 0.125. The van der Waals surface area contributed by atoms with Crippen molar-refractivity contribution in [1.82, 2.24) is 5.32 Å². The van der Waals surface area contributed by atoms with Crippen molar-refractivity contribution in [3.63, 3.8) is 0 Å². The van der Waals surface area contributed by atoms with E-state index in [0.717, 1.165) is 6.07 Å². The van der Waals surface area contributed by atoms with Crippen LogP contribution in [0.15, 0.2) is 36.4 Å². The second-order valence-corrected chi connectivity index (χ2v) is 6.25. The van der Waals surface area contributed by atoms with Gasteiger partial charge in [0.15, 0.2) is 5.11 Å². The predicted molar refractivity (Wildman–Crippen MR) is 95.4 cm³/mol. The van der Waals surface area contributed by atoms with Crippen LogP contribution in [-0.4, -0.2) is 18.1 Å². The average molecular weight is 385 g/mol. The van der Waals surface area contributed by atoms with E-state index in [-0.39, 0.29) is 26.6 Å². The van der Waals surface area contributed by atoms with E-state index in [1.165, 1.54) is 6.07 Å². The topological polar surface area (TPSA) is 41.6 Å². The lowest BCUT2D eigenvalue weighted by atomic mass is 10.0. The van der Waals surface area contributed by atoms with Gasteiger partial charge in [-0.2, -0.15) is 0 Å². The number of nitrogens with zero attached hydrogens (tertiary/aromatic N) is 1. The summed E-state index contributed by atoms with van der Waals surface area (Å²) in [4.78, 5) is 13.9. The minimum absolute atomic E-state index is 0.110. The highest BCUT2D eigenvalue weighted by atomic mass is 35.5. The standard InChI is InChI=1S/C16H11Cl2FN2O2S/c1-23-9-4-2-8(3-5-9)21-14(15(22)20-16(21)24)10-6-13(19)12(18)7-11(10)17/h2-7,14H,1H3,(H,20,22,24). The second kappa shape index (κ2) is 6.55. The lowest BCUT2D eigenvalue weighted by Gasteiger charge is -2.24. The van der Waals surface area contributed by atoms with Gasteiger partial charge in [-0.15, -0.1) is 0 Å². The van der Waals surface area contributed by atoms with Crippen molar-refractivity contribution in [2.24, 2.45) is 0 Å². The van der Waals surface area contributed by atoms with Gasteiger partial charge < -0.3 is 15.0 Å². The fourth-order valence-electron chi connectivity index (χ4n) is 2.51. The van der Waals surface area contributed by atoms with E-state index >= 15 is 0 Å². The molecule has 1 N–H and O–H groups in total. The number of methoxy groups -OCH3 is 1. The van der Waals surface area contributed by atoms with Crippen LogP contribution in [0.1, 0.15) is 11.6 Å². The first-order chi connectivity index (χ1) is 11.4. The third-order valence-electron chi connectivity index (χ3n) is 3.64. The van der Waals surface area contributed by atoms with Crippen LogP contribution in [0.4, 0.5) is 10.1 Å². The van der Waals surface area contributed by atoms with Crippen molar-refractivity contribution in [1.29, 1.82) is 0 Å². The van der Waals surface area contributed by atoms with Gasteiger partial charge in [0.2, 0.25) is 0 Å². The molecule has 1 aliphatic heterocycles. The molecule has 24 heavy (non-hydrogen) atoms. The number of rotatable bonds is 3. The molecule has 0 spiro atoms. The second-order valence-electron chi connectivity index (χ2n) is 5.05. The van der Waals surface area contributed by atoms with Gasteiger partial charge in [0, 0.05) is 16.3 Å². The summed E-state index contributed by atoms with van der Waals surface area (Å²) >= 11 is 17.1. The molecule has 4 nitrogen and oxygen atoms in total. The van der Waals surface area contributed by atoms with Crippen LogP contribution in [0.25, 0.3) is 0 Å². The maximum Gasteiger partial charge on any atom is 0.253 e. The van der Waals surface area contributed by atoms with Crippen molar-refractivity contribution in [3.8, 4) is 5.75 Å². The largest absolute Gasteiger partial charge is 0.497 e. The lowest BCUT2D eigenvalue weighted by molar-refractivity contribution is -0.119. The predicted octanol–water partition coefficient (Wildman–Crippen LogP) is 4.10. The van der Waals surface area contributed by atoms with Gasteiger partial charge in [-0.3, -0.25) is 4.79 Å². The zero-order valence-electron chi connectivity index (χ0n) is 12.3. The van der Waals surface area contributed by atoms with Crippen LogP contribution in [0, 0.1) is 5.82 Å². The minimum atomic E-state index is -0.884. The quantitative estimate of drug-likeness (QED) is 0.638. The van der Waals surface area contributed by atoms with Crippen molar-refractivity contribution >= 4 is 52.1 Å². The molecule has 1 heterocycles. The molecule has 2 aromatic rings. The number of ether oxygens (including phenoxy) is 1. The molecule has 0 saturated carbocycles. The highest BCUT2D eigenvalue weighted by Crippen LogP contribution is 2.37. The van der Waals surface area contributed by atoms with E-state index in [9.17, 15) is 9.18 Å². The van der Waals surface area contributed by atoms with Crippen molar-refractivity contribution in [2.45, 2.75) is 6.04 Å². The number of halogens is 3. The van der Waals surface area contributed by atoms with Gasteiger partial charge in [0.25, 0.3) is 5.91 Å². The molecule has 1 amide bonds. The molecular weight excluding hydrogens is 374 g/mol. The van der Waals surface area contributed by atoms with Crippen molar-refractivity contribution < 1.29 is 13.9 Å². The highest BCUT2D eigenvalue weighted by Gasteiger charge is 2.39. The molecular formula is C16H11Cl2FN2O2S. The van der Waals surface area contributed by atoms with Gasteiger partial charge in [-0.05, 0) is 48.6 Å². The third-order valence-corrected chi connectivity index (χ3v) is 4.56. The Bertz CT molecular complexity index is 830. The lowest BCUT2D eigenvalue weighted by Crippen LogP contribution is -2.29. The first-order valence-electron chi connectivity index (χ1n) is 6.85. The van der Waals surface area contributed by atoms with E-state index in [2.05, 4.69) is 5.32 Å². The Hall–Kier alpha value is -1.89. The number of carbonyl (C=O) groups excluding carboxylic acids is 1. The molecule has 1 saturated heterocycles. The van der Waals surface area contributed by atoms with Gasteiger partial charge in [-0.25, -0.2) is 4.39 Å². The summed E-state index contributed by atoms with van der Waals surface area (Å²) < 4.78 is 19.0. The maximum atomic E-state index is 13.9. The molecule has 1 unspecified atom stereocenters. The number of hydrogen-bond donors (Lipinski definition) is 1. The minimum Gasteiger partial charge on any atom is -0.497 e. The molecule has 1 fully saturated rings. The number of hydrogen-bond acceptors (Lipinski definition) is 3. The molecule has 8 heteroatoms. The van der Waals surface area contributed by atoms with E-state index < -0.39 is 11.9 Å². The smallest absolute Gasteiger partial charge is 0.253 e. The van der Waals surface area contributed by atoms with Crippen LogP contribution in [0.5, 0.6) is 5.75 Å². The summed E-state index contributed by atoms with van der Waals surface area (Å²) in [7, 11) is 1.56. The first-order valence-corrected chi connectivity index (χ1v) is 8.01. The molecule has 0 aliphatic carbocycles. The molecule has 1 atom stereocenters. The summed E-state index contributed by atoms with van der Waals surface area (Å²) in [5.74, 6) is -0.383. The average Bonchev–Trinajstić information content (AvgIpc) is 2.85. The van der Waals surface area contributed by atoms with Crippen LogP contribution >= 0.6 is 35.4 Å². The van der Waals surface area contributed by atoms with Crippen molar-refractivity contribution in [2.75, 3.05) is 12.0 Å². The normalized spacial score (nSPS) is 17.2. The van der Waals surface area contributed by atoms with Gasteiger partial charge in [0.1, 0.15) is 17.6 Å². The summed E-state index contributed by atoms with van der Waals surface area (Å²) in [6.07, 6.45) is 0. The van der Waals surface area contributed by atoms with E-state index in [0.29, 0.717) is 11.4 Å². The van der Waals surface area contributed by atoms with Crippen molar-refractivity contribution in [3.05, 3.63) is 57.8 Å². The monoisotopic (exact) mass is 384 g/mol. The van der Waals surface area contributed by atoms with Gasteiger partial charge in [0.05, 0.1) is 12.1 Å². The molecule has 0 aromatic heterocycles. The Morgan fingerprint density at radius 1 is 1.21 bits per heavy atom. The zero-order chi connectivity index (χ0) is 17.4. The number of nitrogens with one attached hydrogen (secondary N) is 1. The Morgan fingerprint density at radius 3 is 2.50 bits per heavy atom. The number of benzene rings is 2. The summed E-state index contributed by atoms with van der Waals surface area (Å²) in [5.41, 5.74) is 0.933. The van der Waals surface area contributed by atoms with E-state index in [1.54, 1.807) is 36.3 Å². The summed E-state index contributed by atoms with van der Waals surface area (Å²) in [6.45, 7) is 0. The summed E-state index contributed by atoms with van der Waals surface area (Å²) in [5, 5.41) is 2.86. The van der Waals surface area contributed by atoms with Gasteiger partial charge in [-0.1, -0.05) is 23.2 Å². The van der Waals surface area contributed by atoms with Crippen LogP contribution in [0.3, 0.4) is 0 Å². The molecule has 0 radical (unpaired) electrons. The summed E-state index contributed by atoms with van der Waals surface area (Å²) in [6, 6.07) is 8.51.